The Morgan fingerprint density at radius 3 is 2.20 bits per heavy atom. The normalized spacial score (nSPS) is 11.0. The van der Waals surface area contributed by atoms with Crippen molar-refractivity contribution in [2.75, 3.05) is 22.8 Å². The lowest BCUT2D eigenvalue weighted by Gasteiger charge is -2.24. The van der Waals surface area contributed by atoms with E-state index in [4.69, 9.17) is 16.3 Å². The number of para-hydroxylation sites is 1. The number of benzene rings is 3. The highest BCUT2D eigenvalue weighted by atomic mass is 35.5. The third-order valence-electron chi connectivity index (χ3n) is 4.18. The van der Waals surface area contributed by atoms with Crippen molar-refractivity contribution in [3.05, 3.63) is 83.9 Å². The number of carbonyl (C=O) groups excluding carboxylic acids is 1. The molecule has 0 bridgehead atoms. The number of nitrogens with zero attached hydrogens (tertiary/aromatic N) is 1. The maximum atomic E-state index is 13.3. The predicted molar refractivity (Wildman–Crippen MR) is 119 cm³/mol. The molecule has 3 rings (SSSR count). The van der Waals surface area contributed by atoms with Crippen molar-refractivity contribution in [1.82, 2.24) is 0 Å². The van der Waals surface area contributed by atoms with Crippen LogP contribution in [0.3, 0.4) is 0 Å². The zero-order valence-corrected chi connectivity index (χ0v) is 17.9. The van der Waals surface area contributed by atoms with Gasteiger partial charge < -0.3 is 10.1 Å². The molecule has 8 heteroatoms. The number of hydrogen-bond acceptors (Lipinski definition) is 4. The second-order valence-electron chi connectivity index (χ2n) is 6.31. The van der Waals surface area contributed by atoms with E-state index < -0.39 is 22.5 Å². The Labute approximate surface area is 181 Å². The molecule has 156 valence electrons. The van der Waals surface area contributed by atoms with Crippen LogP contribution in [0.2, 0.25) is 5.02 Å². The largest absolute Gasteiger partial charge is 0.494 e. The van der Waals surface area contributed by atoms with Gasteiger partial charge in [0.25, 0.3) is 10.0 Å². The van der Waals surface area contributed by atoms with E-state index in [1.165, 1.54) is 24.3 Å². The maximum absolute atomic E-state index is 13.3. The Bertz CT molecular complexity index is 1090. The number of sulfonamides is 1. The van der Waals surface area contributed by atoms with Crippen LogP contribution in [-0.2, 0) is 14.8 Å². The SMILES string of the molecule is CCOc1ccc(N(CC(=O)Nc2ccccc2)S(=O)(=O)c2ccc(Cl)cc2)cc1. The van der Waals surface area contributed by atoms with Crippen LogP contribution < -0.4 is 14.4 Å². The lowest BCUT2D eigenvalue weighted by Crippen LogP contribution is -2.38. The monoisotopic (exact) mass is 444 g/mol. The van der Waals surface area contributed by atoms with Crippen LogP contribution in [0.1, 0.15) is 6.92 Å². The van der Waals surface area contributed by atoms with Crippen molar-refractivity contribution in [1.29, 1.82) is 0 Å². The van der Waals surface area contributed by atoms with Crippen LogP contribution in [0, 0.1) is 0 Å². The highest BCUT2D eigenvalue weighted by Crippen LogP contribution is 2.26. The molecule has 3 aromatic carbocycles. The van der Waals surface area contributed by atoms with Crippen LogP contribution in [0.15, 0.2) is 83.8 Å². The van der Waals surface area contributed by atoms with Crippen molar-refractivity contribution in [2.24, 2.45) is 0 Å². The lowest BCUT2D eigenvalue weighted by atomic mass is 10.3. The number of rotatable bonds is 8. The first-order valence-electron chi connectivity index (χ1n) is 9.26. The van der Waals surface area contributed by atoms with Crippen molar-refractivity contribution in [3.8, 4) is 5.75 Å². The maximum Gasteiger partial charge on any atom is 0.264 e. The zero-order chi connectivity index (χ0) is 21.6. The Kier molecular flexibility index (Phi) is 6.97. The third-order valence-corrected chi connectivity index (χ3v) is 6.22. The molecule has 30 heavy (non-hydrogen) atoms. The molecule has 0 radical (unpaired) electrons. The molecule has 0 aliphatic heterocycles. The molecular formula is C22H21ClN2O4S. The summed E-state index contributed by atoms with van der Waals surface area (Å²) in [5.74, 6) is 0.145. The van der Waals surface area contributed by atoms with Gasteiger partial charge in [-0.25, -0.2) is 8.42 Å². The molecule has 0 atom stereocenters. The molecule has 0 aliphatic carbocycles. The average Bonchev–Trinajstić information content (AvgIpc) is 2.74. The molecule has 1 amide bonds. The van der Waals surface area contributed by atoms with Gasteiger partial charge in [-0.15, -0.1) is 0 Å². The summed E-state index contributed by atoms with van der Waals surface area (Å²) < 4.78 is 33.1. The van der Waals surface area contributed by atoms with Gasteiger partial charge >= 0.3 is 0 Å². The van der Waals surface area contributed by atoms with Gasteiger partial charge in [-0.1, -0.05) is 29.8 Å². The van der Waals surface area contributed by atoms with Gasteiger partial charge in [-0.3, -0.25) is 9.10 Å². The van der Waals surface area contributed by atoms with E-state index in [9.17, 15) is 13.2 Å². The molecule has 0 saturated carbocycles. The number of nitrogens with one attached hydrogen (secondary N) is 1. The summed E-state index contributed by atoms with van der Waals surface area (Å²) in [5, 5.41) is 3.14. The Morgan fingerprint density at radius 2 is 1.60 bits per heavy atom. The van der Waals surface area contributed by atoms with E-state index in [0.29, 0.717) is 28.8 Å². The van der Waals surface area contributed by atoms with Gasteiger partial charge in [0, 0.05) is 10.7 Å². The standard InChI is InChI=1S/C22H21ClN2O4S/c1-2-29-20-12-10-19(11-13-20)25(16-22(26)24-18-6-4-3-5-7-18)30(27,28)21-14-8-17(23)9-15-21/h3-15H,2,16H2,1H3,(H,24,26). The quantitative estimate of drug-likeness (QED) is 0.552. The first kappa shape index (κ1) is 21.7. The number of anilines is 2. The summed E-state index contributed by atoms with van der Waals surface area (Å²) in [7, 11) is -4.01. The minimum atomic E-state index is -4.01. The Balaban J connectivity index is 1.93. The molecule has 0 fully saturated rings. The van der Waals surface area contributed by atoms with Gasteiger partial charge in [0.15, 0.2) is 0 Å². The number of carbonyl (C=O) groups is 1. The van der Waals surface area contributed by atoms with Gasteiger partial charge in [0.1, 0.15) is 12.3 Å². The molecule has 0 spiro atoms. The summed E-state index contributed by atoms with van der Waals surface area (Å²) in [4.78, 5) is 12.7. The molecule has 0 saturated heterocycles. The average molecular weight is 445 g/mol. The van der Waals surface area contributed by atoms with Gasteiger partial charge in [0.2, 0.25) is 5.91 Å². The van der Waals surface area contributed by atoms with Crippen LogP contribution in [0.25, 0.3) is 0 Å². The first-order chi connectivity index (χ1) is 14.4. The number of hydrogen-bond donors (Lipinski definition) is 1. The fourth-order valence-electron chi connectivity index (χ4n) is 2.78. The van der Waals surface area contributed by atoms with Crippen molar-refractivity contribution >= 4 is 38.9 Å². The predicted octanol–water partition coefficient (Wildman–Crippen LogP) is 4.57. The third kappa shape index (κ3) is 5.31. The first-order valence-corrected chi connectivity index (χ1v) is 11.1. The number of ether oxygens (including phenoxy) is 1. The second-order valence-corrected chi connectivity index (χ2v) is 8.61. The minimum absolute atomic E-state index is 0.0355. The summed E-state index contributed by atoms with van der Waals surface area (Å²) >= 11 is 5.89. The Hall–Kier alpha value is -3.03. The van der Waals surface area contributed by atoms with Crippen molar-refractivity contribution < 1.29 is 17.9 Å². The molecule has 0 aliphatic rings. The highest BCUT2D eigenvalue weighted by Gasteiger charge is 2.27. The van der Waals surface area contributed by atoms with E-state index in [0.717, 1.165) is 4.31 Å². The number of halogens is 1. The topological polar surface area (TPSA) is 75.7 Å². The number of amides is 1. The highest BCUT2D eigenvalue weighted by molar-refractivity contribution is 7.92. The van der Waals surface area contributed by atoms with Crippen LogP contribution in [0.5, 0.6) is 5.75 Å². The van der Waals surface area contributed by atoms with Crippen molar-refractivity contribution in [2.45, 2.75) is 11.8 Å². The summed E-state index contributed by atoms with van der Waals surface area (Å²) in [6.45, 7) is 1.96. The molecule has 0 unspecified atom stereocenters. The van der Waals surface area contributed by atoms with Crippen molar-refractivity contribution in [3.63, 3.8) is 0 Å². The molecule has 1 N–H and O–H groups in total. The van der Waals surface area contributed by atoms with Crippen LogP contribution >= 0.6 is 11.6 Å². The van der Waals surface area contributed by atoms with E-state index in [2.05, 4.69) is 5.32 Å². The summed E-state index contributed by atoms with van der Waals surface area (Å²) in [6, 6.07) is 21.2. The van der Waals surface area contributed by atoms with Gasteiger partial charge in [0.05, 0.1) is 17.2 Å². The molecule has 0 heterocycles. The van der Waals surface area contributed by atoms with E-state index >= 15 is 0 Å². The van der Waals surface area contributed by atoms with Crippen LogP contribution in [-0.4, -0.2) is 27.5 Å². The fraction of sp³-hybridized carbons (Fsp3) is 0.136. The molecular weight excluding hydrogens is 424 g/mol. The van der Waals surface area contributed by atoms with Gasteiger partial charge in [-0.2, -0.15) is 0 Å². The fourth-order valence-corrected chi connectivity index (χ4v) is 4.32. The second kappa shape index (κ2) is 9.65. The van der Waals surface area contributed by atoms with E-state index in [1.807, 2.05) is 13.0 Å². The smallest absolute Gasteiger partial charge is 0.264 e. The van der Waals surface area contributed by atoms with E-state index in [-0.39, 0.29) is 4.90 Å². The molecule has 6 nitrogen and oxygen atoms in total. The van der Waals surface area contributed by atoms with E-state index in [1.54, 1.807) is 48.5 Å². The van der Waals surface area contributed by atoms with Gasteiger partial charge in [-0.05, 0) is 67.6 Å². The minimum Gasteiger partial charge on any atom is -0.494 e. The van der Waals surface area contributed by atoms with Crippen LogP contribution in [0.4, 0.5) is 11.4 Å². The summed E-state index contributed by atoms with van der Waals surface area (Å²) in [5.41, 5.74) is 0.926. The molecule has 0 aromatic heterocycles. The Morgan fingerprint density at radius 1 is 0.967 bits per heavy atom. The molecule has 3 aromatic rings. The lowest BCUT2D eigenvalue weighted by molar-refractivity contribution is -0.114. The zero-order valence-electron chi connectivity index (χ0n) is 16.3. The summed E-state index contributed by atoms with van der Waals surface area (Å²) in [6.07, 6.45) is 0.